The smallest absolute Gasteiger partial charge is 0.163 e. The predicted octanol–water partition coefficient (Wildman–Crippen LogP) is 2.25. The first-order valence-electron chi connectivity index (χ1n) is 3.95. The zero-order valence-corrected chi connectivity index (χ0v) is 7.27. The largest absolute Gasteiger partial charge is 0.294 e. The lowest BCUT2D eigenvalue weighted by Crippen LogP contribution is -2.11. The van der Waals surface area contributed by atoms with Crippen LogP contribution in [0.15, 0.2) is 12.3 Å². The second kappa shape index (κ2) is 2.87. The van der Waals surface area contributed by atoms with Gasteiger partial charge >= 0.3 is 0 Å². The number of hydrogen-bond donors (Lipinski definition) is 0. The molecule has 12 heavy (non-hydrogen) atoms. The number of halogens is 1. The highest BCUT2D eigenvalue weighted by Crippen LogP contribution is 2.25. The zero-order valence-electron chi connectivity index (χ0n) is 6.51. The second-order valence-electron chi connectivity index (χ2n) is 2.90. The molecule has 0 saturated carbocycles. The van der Waals surface area contributed by atoms with Gasteiger partial charge in [-0.1, -0.05) is 11.6 Å². The molecule has 0 aromatic carbocycles. The van der Waals surface area contributed by atoms with Crippen LogP contribution in [0.25, 0.3) is 0 Å². The fourth-order valence-corrected chi connectivity index (χ4v) is 1.78. The Kier molecular flexibility index (Phi) is 1.85. The van der Waals surface area contributed by atoms with Crippen molar-refractivity contribution in [3.8, 4) is 0 Å². The molecule has 0 radical (unpaired) electrons. The van der Waals surface area contributed by atoms with Gasteiger partial charge in [0.1, 0.15) is 5.15 Å². The zero-order chi connectivity index (χ0) is 8.55. The van der Waals surface area contributed by atoms with E-state index >= 15 is 0 Å². The van der Waals surface area contributed by atoms with Crippen molar-refractivity contribution in [1.82, 2.24) is 4.98 Å². The van der Waals surface area contributed by atoms with Gasteiger partial charge in [0.15, 0.2) is 5.78 Å². The lowest BCUT2D eigenvalue weighted by molar-refractivity contribution is 0.0972. The fraction of sp³-hybridized carbons (Fsp3) is 0.333. The molecule has 0 aliphatic heterocycles. The first kappa shape index (κ1) is 7.74. The quantitative estimate of drug-likeness (QED) is 0.575. The number of carbonyl (C=O) groups excluding carboxylic acids is 1. The van der Waals surface area contributed by atoms with Crippen molar-refractivity contribution in [2.75, 3.05) is 0 Å². The van der Waals surface area contributed by atoms with Crippen LogP contribution in [0.2, 0.25) is 5.15 Å². The molecular formula is C9H8ClNO. The standard InChI is InChI=1S/C9H8ClNO/c10-9-7-2-1-3-8(12)6(7)4-5-11-9/h4-5H,1-3H2. The molecule has 0 atom stereocenters. The van der Waals surface area contributed by atoms with Gasteiger partial charge in [-0.15, -0.1) is 0 Å². The van der Waals surface area contributed by atoms with E-state index in [0.717, 1.165) is 24.0 Å². The fourth-order valence-electron chi connectivity index (χ4n) is 1.53. The molecular weight excluding hydrogens is 174 g/mol. The van der Waals surface area contributed by atoms with Crippen molar-refractivity contribution in [3.05, 3.63) is 28.5 Å². The summed E-state index contributed by atoms with van der Waals surface area (Å²) in [5, 5.41) is 0.487. The van der Waals surface area contributed by atoms with Crippen LogP contribution in [0.1, 0.15) is 28.8 Å². The van der Waals surface area contributed by atoms with Crippen molar-refractivity contribution in [3.63, 3.8) is 0 Å². The molecule has 1 aliphatic rings. The van der Waals surface area contributed by atoms with E-state index in [4.69, 9.17) is 11.6 Å². The number of Topliss-reactive ketones (excluding diaryl/α,β-unsaturated/α-hetero) is 1. The molecule has 0 amide bonds. The Morgan fingerprint density at radius 2 is 2.25 bits per heavy atom. The summed E-state index contributed by atoms with van der Waals surface area (Å²) in [7, 11) is 0. The number of aromatic nitrogens is 1. The van der Waals surface area contributed by atoms with Crippen molar-refractivity contribution in [1.29, 1.82) is 0 Å². The Labute approximate surface area is 75.6 Å². The molecule has 0 fully saturated rings. The molecule has 2 rings (SSSR count). The molecule has 62 valence electrons. The maximum Gasteiger partial charge on any atom is 0.163 e. The Morgan fingerprint density at radius 1 is 1.42 bits per heavy atom. The van der Waals surface area contributed by atoms with E-state index in [9.17, 15) is 4.79 Å². The lowest BCUT2D eigenvalue weighted by atomic mass is 9.92. The highest BCUT2D eigenvalue weighted by Gasteiger charge is 2.19. The van der Waals surface area contributed by atoms with Gasteiger partial charge in [-0.05, 0) is 18.9 Å². The van der Waals surface area contributed by atoms with E-state index < -0.39 is 0 Å². The summed E-state index contributed by atoms with van der Waals surface area (Å²) >= 11 is 5.84. The van der Waals surface area contributed by atoms with Crippen LogP contribution in [0.3, 0.4) is 0 Å². The molecule has 1 heterocycles. The SMILES string of the molecule is O=C1CCCc2c1ccnc2Cl. The van der Waals surface area contributed by atoms with Gasteiger partial charge in [-0.2, -0.15) is 0 Å². The van der Waals surface area contributed by atoms with E-state index in [1.807, 2.05) is 0 Å². The van der Waals surface area contributed by atoms with Crippen LogP contribution < -0.4 is 0 Å². The van der Waals surface area contributed by atoms with Gasteiger partial charge < -0.3 is 0 Å². The molecule has 0 saturated heterocycles. The van der Waals surface area contributed by atoms with E-state index in [1.54, 1.807) is 12.3 Å². The maximum absolute atomic E-state index is 11.4. The average Bonchev–Trinajstić information content (AvgIpc) is 2.07. The highest BCUT2D eigenvalue weighted by atomic mass is 35.5. The molecule has 2 nitrogen and oxygen atoms in total. The molecule has 0 unspecified atom stereocenters. The molecule has 0 bridgehead atoms. The third-order valence-corrected chi connectivity index (χ3v) is 2.46. The molecule has 1 aliphatic carbocycles. The minimum Gasteiger partial charge on any atom is -0.294 e. The molecule has 1 aromatic rings. The average molecular weight is 182 g/mol. The van der Waals surface area contributed by atoms with Crippen LogP contribution >= 0.6 is 11.6 Å². The van der Waals surface area contributed by atoms with Gasteiger partial charge in [-0.3, -0.25) is 4.79 Å². The van der Waals surface area contributed by atoms with E-state index in [2.05, 4.69) is 4.98 Å². The Balaban J connectivity index is 2.59. The Hall–Kier alpha value is -0.890. The minimum atomic E-state index is 0.195. The summed E-state index contributed by atoms with van der Waals surface area (Å²) in [6, 6.07) is 1.75. The summed E-state index contributed by atoms with van der Waals surface area (Å²) < 4.78 is 0. The summed E-state index contributed by atoms with van der Waals surface area (Å²) in [6.45, 7) is 0. The molecule has 3 heteroatoms. The molecule has 0 spiro atoms. The van der Waals surface area contributed by atoms with Crippen molar-refractivity contribution < 1.29 is 4.79 Å². The lowest BCUT2D eigenvalue weighted by Gasteiger charge is -2.14. The van der Waals surface area contributed by atoms with E-state index in [0.29, 0.717) is 11.6 Å². The van der Waals surface area contributed by atoms with Crippen molar-refractivity contribution in [2.45, 2.75) is 19.3 Å². The number of hydrogen-bond acceptors (Lipinski definition) is 2. The summed E-state index contributed by atoms with van der Waals surface area (Å²) in [5.74, 6) is 0.195. The van der Waals surface area contributed by atoms with Gasteiger partial charge in [0.2, 0.25) is 0 Å². The van der Waals surface area contributed by atoms with Crippen LogP contribution in [0.5, 0.6) is 0 Å². The van der Waals surface area contributed by atoms with E-state index in [1.165, 1.54) is 0 Å². The summed E-state index contributed by atoms with van der Waals surface area (Å²) in [5.41, 5.74) is 1.69. The van der Waals surface area contributed by atoms with Crippen LogP contribution in [-0.2, 0) is 6.42 Å². The van der Waals surface area contributed by atoms with Crippen molar-refractivity contribution in [2.24, 2.45) is 0 Å². The van der Waals surface area contributed by atoms with Crippen LogP contribution in [0, 0.1) is 0 Å². The monoisotopic (exact) mass is 181 g/mol. The number of fused-ring (bicyclic) bond motifs is 1. The van der Waals surface area contributed by atoms with Crippen LogP contribution in [0.4, 0.5) is 0 Å². The number of ketones is 1. The van der Waals surface area contributed by atoms with Crippen LogP contribution in [-0.4, -0.2) is 10.8 Å². The van der Waals surface area contributed by atoms with Gasteiger partial charge in [0.25, 0.3) is 0 Å². The summed E-state index contributed by atoms with van der Waals surface area (Å²) in [4.78, 5) is 15.3. The summed E-state index contributed by atoms with van der Waals surface area (Å²) in [6.07, 6.45) is 4.02. The normalized spacial score (nSPS) is 15.9. The number of nitrogens with zero attached hydrogens (tertiary/aromatic N) is 1. The maximum atomic E-state index is 11.4. The first-order chi connectivity index (χ1) is 5.79. The van der Waals surface area contributed by atoms with Gasteiger partial charge in [0.05, 0.1) is 0 Å². The van der Waals surface area contributed by atoms with E-state index in [-0.39, 0.29) is 5.78 Å². The second-order valence-corrected chi connectivity index (χ2v) is 3.26. The number of carbonyl (C=O) groups is 1. The molecule has 1 aromatic heterocycles. The minimum absolute atomic E-state index is 0.195. The third-order valence-electron chi connectivity index (χ3n) is 2.13. The van der Waals surface area contributed by atoms with Crippen molar-refractivity contribution >= 4 is 17.4 Å². The number of rotatable bonds is 0. The Bertz CT molecular complexity index is 335. The predicted molar refractivity (Wildman–Crippen MR) is 46.5 cm³/mol. The first-order valence-corrected chi connectivity index (χ1v) is 4.33. The Morgan fingerprint density at radius 3 is 3.00 bits per heavy atom. The third kappa shape index (κ3) is 1.12. The highest BCUT2D eigenvalue weighted by molar-refractivity contribution is 6.30. The molecule has 0 N–H and O–H groups in total. The number of pyridine rings is 1. The van der Waals surface area contributed by atoms with Gasteiger partial charge in [0, 0.05) is 23.7 Å². The van der Waals surface area contributed by atoms with Gasteiger partial charge in [-0.25, -0.2) is 4.98 Å². The topological polar surface area (TPSA) is 30.0 Å².